The van der Waals surface area contributed by atoms with Crippen molar-refractivity contribution in [2.45, 2.75) is 18.0 Å². The van der Waals surface area contributed by atoms with Gasteiger partial charge < -0.3 is 11.1 Å². The molecule has 0 aromatic heterocycles. The van der Waals surface area contributed by atoms with Gasteiger partial charge in [0, 0.05) is 0 Å². The van der Waals surface area contributed by atoms with Crippen LogP contribution in [0, 0.1) is 6.92 Å². The van der Waals surface area contributed by atoms with Crippen molar-refractivity contribution in [3.8, 4) is 0 Å². The molecule has 3 N–H and O–H groups in total. The first-order valence-corrected chi connectivity index (χ1v) is 7.09. The summed E-state index contributed by atoms with van der Waals surface area (Å²) >= 11 is 0. The van der Waals surface area contributed by atoms with E-state index in [2.05, 4.69) is 0 Å². The summed E-state index contributed by atoms with van der Waals surface area (Å²) in [6.45, 7) is 0.00271. The van der Waals surface area contributed by atoms with Gasteiger partial charge in [0.25, 0.3) is 0 Å². The van der Waals surface area contributed by atoms with Crippen molar-refractivity contribution in [2.75, 3.05) is 18.0 Å². The first-order valence-electron chi connectivity index (χ1n) is 5.44. The van der Waals surface area contributed by atoms with Gasteiger partial charge in [-0.1, -0.05) is 12.1 Å². The number of anilines is 1. The summed E-state index contributed by atoms with van der Waals surface area (Å²) in [5.74, 6) is -2.32. The van der Waals surface area contributed by atoms with Crippen LogP contribution in [0.5, 0.6) is 0 Å². The molecule has 0 spiro atoms. The van der Waals surface area contributed by atoms with Gasteiger partial charge in [0.05, 0.1) is 10.6 Å². The predicted octanol–water partition coefficient (Wildman–Crippen LogP) is 1.03. The highest BCUT2D eigenvalue weighted by Crippen LogP contribution is 2.22. The standard InChI is InChI=1S/C11H13F3N2O3S/c1-7-3-2-4-8(10(7)15)20(18,19)5-9(17)16-6-11(12,13)14/h2-4H,5-6,15H2,1H3,(H,16,17). The second-order valence-corrected chi connectivity index (χ2v) is 6.10. The van der Waals surface area contributed by atoms with Gasteiger partial charge in [0.2, 0.25) is 5.91 Å². The number of halogens is 3. The van der Waals surface area contributed by atoms with Crippen molar-refractivity contribution >= 4 is 21.4 Å². The van der Waals surface area contributed by atoms with E-state index >= 15 is 0 Å². The minimum absolute atomic E-state index is 0.0175. The number of carbonyl (C=O) groups is 1. The lowest BCUT2D eigenvalue weighted by molar-refractivity contribution is -0.137. The minimum Gasteiger partial charge on any atom is -0.397 e. The summed E-state index contributed by atoms with van der Waals surface area (Å²) in [6.07, 6.45) is -4.60. The van der Waals surface area contributed by atoms with Crippen LogP contribution in [0.1, 0.15) is 5.56 Å². The highest BCUT2D eigenvalue weighted by atomic mass is 32.2. The van der Waals surface area contributed by atoms with Crippen LogP contribution in [0.2, 0.25) is 0 Å². The smallest absolute Gasteiger partial charge is 0.397 e. The zero-order valence-corrected chi connectivity index (χ0v) is 11.3. The summed E-state index contributed by atoms with van der Waals surface area (Å²) in [6, 6.07) is 4.22. The van der Waals surface area contributed by atoms with E-state index < -0.39 is 34.2 Å². The van der Waals surface area contributed by atoms with Crippen LogP contribution in [-0.2, 0) is 14.6 Å². The maximum absolute atomic E-state index is 11.9. The number of alkyl halides is 3. The molecule has 0 atom stereocenters. The molecule has 1 amide bonds. The van der Waals surface area contributed by atoms with Crippen molar-refractivity contribution < 1.29 is 26.4 Å². The van der Waals surface area contributed by atoms with E-state index in [1.165, 1.54) is 17.4 Å². The topological polar surface area (TPSA) is 89.3 Å². The zero-order chi connectivity index (χ0) is 15.6. The Balaban J connectivity index is 2.85. The Morgan fingerprint density at radius 3 is 2.50 bits per heavy atom. The van der Waals surface area contributed by atoms with Crippen LogP contribution in [0.3, 0.4) is 0 Å². The molecule has 112 valence electrons. The molecule has 0 aliphatic rings. The fourth-order valence-corrected chi connectivity index (χ4v) is 2.81. The van der Waals surface area contributed by atoms with Gasteiger partial charge in [-0.3, -0.25) is 4.79 Å². The van der Waals surface area contributed by atoms with Gasteiger partial charge in [0.1, 0.15) is 12.3 Å². The zero-order valence-electron chi connectivity index (χ0n) is 10.5. The third-order valence-corrected chi connectivity index (χ3v) is 4.09. The molecule has 0 radical (unpaired) electrons. The lowest BCUT2D eigenvalue weighted by Gasteiger charge is -2.11. The number of amides is 1. The van der Waals surface area contributed by atoms with Crippen LogP contribution >= 0.6 is 0 Å². The highest BCUT2D eigenvalue weighted by Gasteiger charge is 2.29. The first-order chi connectivity index (χ1) is 9.03. The van der Waals surface area contributed by atoms with Crippen molar-refractivity contribution in [2.24, 2.45) is 0 Å². The molecule has 0 unspecified atom stereocenters. The van der Waals surface area contributed by atoms with Gasteiger partial charge in [-0.2, -0.15) is 13.2 Å². The largest absolute Gasteiger partial charge is 0.405 e. The molecule has 5 nitrogen and oxygen atoms in total. The summed E-state index contributed by atoms with van der Waals surface area (Å²) in [5.41, 5.74) is 6.08. The molecular formula is C11H13F3N2O3S. The normalized spacial score (nSPS) is 12.2. The number of sulfone groups is 1. The second kappa shape index (κ2) is 5.70. The van der Waals surface area contributed by atoms with E-state index in [9.17, 15) is 26.4 Å². The number of carbonyl (C=O) groups excluding carboxylic acids is 1. The molecule has 0 aliphatic heterocycles. The van der Waals surface area contributed by atoms with Gasteiger partial charge in [0.15, 0.2) is 9.84 Å². The molecule has 0 bridgehead atoms. The van der Waals surface area contributed by atoms with Crippen LogP contribution < -0.4 is 11.1 Å². The van der Waals surface area contributed by atoms with Gasteiger partial charge in [-0.05, 0) is 18.6 Å². The van der Waals surface area contributed by atoms with Crippen LogP contribution in [-0.4, -0.2) is 32.8 Å². The van der Waals surface area contributed by atoms with Gasteiger partial charge >= 0.3 is 6.18 Å². The van der Waals surface area contributed by atoms with Crippen molar-refractivity contribution in [1.82, 2.24) is 5.32 Å². The lowest BCUT2D eigenvalue weighted by atomic mass is 10.2. The predicted molar refractivity (Wildman–Crippen MR) is 66.7 cm³/mol. The number of nitrogen functional groups attached to an aromatic ring is 1. The molecule has 0 aliphatic carbocycles. The number of rotatable bonds is 4. The van der Waals surface area contributed by atoms with Crippen LogP contribution in [0.15, 0.2) is 23.1 Å². The average molecular weight is 310 g/mol. The summed E-state index contributed by atoms with van der Waals surface area (Å²) < 4.78 is 59.6. The number of hydrogen-bond acceptors (Lipinski definition) is 4. The number of nitrogens with one attached hydrogen (secondary N) is 1. The number of nitrogens with two attached hydrogens (primary N) is 1. The Hall–Kier alpha value is -1.77. The van der Waals surface area contributed by atoms with Crippen LogP contribution in [0.25, 0.3) is 0 Å². The third kappa shape index (κ3) is 4.41. The molecule has 0 saturated heterocycles. The number of hydrogen-bond donors (Lipinski definition) is 2. The Bertz CT molecular complexity index is 612. The molecule has 20 heavy (non-hydrogen) atoms. The Labute approximate surface area is 113 Å². The van der Waals surface area contributed by atoms with Crippen molar-refractivity contribution in [3.63, 3.8) is 0 Å². The summed E-state index contributed by atoms with van der Waals surface area (Å²) in [4.78, 5) is 11.0. The molecule has 0 heterocycles. The van der Waals surface area contributed by atoms with E-state index in [0.717, 1.165) is 0 Å². The van der Waals surface area contributed by atoms with Gasteiger partial charge in [-0.25, -0.2) is 8.42 Å². The number of aryl methyl sites for hydroxylation is 1. The van der Waals surface area contributed by atoms with Crippen molar-refractivity contribution in [3.05, 3.63) is 23.8 Å². The minimum atomic E-state index is -4.60. The van der Waals surface area contributed by atoms with Crippen LogP contribution in [0.4, 0.5) is 18.9 Å². The first kappa shape index (κ1) is 16.3. The fraction of sp³-hybridized carbons (Fsp3) is 0.364. The monoisotopic (exact) mass is 310 g/mol. The second-order valence-electron chi connectivity index (χ2n) is 4.14. The highest BCUT2D eigenvalue weighted by molar-refractivity contribution is 7.92. The lowest BCUT2D eigenvalue weighted by Crippen LogP contribution is -2.37. The number of benzene rings is 1. The van der Waals surface area contributed by atoms with E-state index in [0.29, 0.717) is 5.56 Å². The summed E-state index contributed by atoms with van der Waals surface area (Å²) in [5, 5.41) is 1.50. The molecule has 1 aromatic carbocycles. The van der Waals surface area contributed by atoms with E-state index in [-0.39, 0.29) is 10.6 Å². The maximum Gasteiger partial charge on any atom is 0.405 e. The van der Waals surface area contributed by atoms with Gasteiger partial charge in [-0.15, -0.1) is 0 Å². The third-order valence-electron chi connectivity index (χ3n) is 2.43. The molecule has 0 fully saturated rings. The Morgan fingerprint density at radius 1 is 1.35 bits per heavy atom. The van der Waals surface area contributed by atoms with E-state index in [4.69, 9.17) is 5.73 Å². The Kier molecular flexibility index (Phi) is 4.64. The average Bonchev–Trinajstić information content (AvgIpc) is 2.28. The van der Waals surface area contributed by atoms with E-state index in [1.807, 2.05) is 0 Å². The quantitative estimate of drug-likeness (QED) is 0.813. The molecule has 1 aromatic rings. The molecule has 0 saturated carbocycles. The SMILES string of the molecule is Cc1cccc(S(=O)(=O)CC(=O)NCC(F)(F)F)c1N. The fourth-order valence-electron chi connectivity index (χ4n) is 1.43. The van der Waals surface area contributed by atoms with E-state index in [1.54, 1.807) is 13.0 Å². The molecular weight excluding hydrogens is 297 g/mol. The number of para-hydroxylation sites is 1. The summed E-state index contributed by atoms with van der Waals surface area (Å²) in [7, 11) is -4.08. The molecule has 1 rings (SSSR count). The molecule has 9 heteroatoms. The van der Waals surface area contributed by atoms with Crippen molar-refractivity contribution in [1.29, 1.82) is 0 Å². The Morgan fingerprint density at radius 2 is 1.95 bits per heavy atom. The maximum atomic E-state index is 11.9.